The summed E-state index contributed by atoms with van der Waals surface area (Å²) < 4.78 is 5.86. The number of nitrogens with zero attached hydrogens (tertiary/aromatic N) is 1. The number of rotatable bonds is 10. The van der Waals surface area contributed by atoms with E-state index >= 15 is 0 Å². The second kappa shape index (κ2) is 12.8. The zero-order valence-electron chi connectivity index (χ0n) is 21.1. The fraction of sp³-hybridized carbons (Fsp3) is 0.310. The van der Waals surface area contributed by atoms with E-state index in [9.17, 15) is 9.59 Å². The van der Waals surface area contributed by atoms with Crippen molar-refractivity contribution >= 4 is 35.0 Å². The molecule has 0 radical (unpaired) electrons. The third-order valence-electron chi connectivity index (χ3n) is 5.88. The molecule has 1 atom stereocenters. The molecule has 190 valence electrons. The first kappa shape index (κ1) is 27.6. The minimum atomic E-state index is -0.750. The van der Waals surface area contributed by atoms with Gasteiger partial charge >= 0.3 is 0 Å². The summed E-state index contributed by atoms with van der Waals surface area (Å²) in [5.41, 5.74) is 3.93. The van der Waals surface area contributed by atoms with Crippen molar-refractivity contribution in [3.8, 4) is 5.75 Å². The monoisotopic (exact) mass is 526 g/mol. The molecular weight excluding hydrogens is 495 g/mol. The summed E-state index contributed by atoms with van der Waals surface area (Å²) in [5, 5.41) is 3.79. The van der Waals surface area contributed by atoms with Crippen LogP contribution in [-0.4, -0.2) is 35.4 Å². The quantitative estimate of drug-likeness (QED) is 0.344. The Bertz CT molecular complexity index is 1200. The fourth-order valence-corrected chi connectivity index (χ4v) is 4.12. The van der Waals surface area contributed by atoms with Gasteiger partial charge in [0, 0.05) is 19.0 Å². The Morgan fingerprint density at radius 1 is 0.889 bits per heavy atom. The van der Waals surface area contributed by atoms with Crippen LogP contribution < -0.4 is 10.1 Å². The van der Waals surface area contributed by atoms with Crippen molar-refractivity contribution in [2.24, 2.45) is 0 Å². The molecule has 0 fully saturated rings. The molecule has 7 heteroatoms. The molecule has 3 rings (SSSR count). The molecule has 0 aliphatic rings. The average molecular weight is 527 g/mol. The van der Waals surface area contributed by atoms with E-state index in [0.29, 0.717) is 22.2 Å². The number of aryl methyl sites for hydroxylation is 2. The van der Waals surface area contributed by atoms with Gasteiger partial charge in [-0.25, -0.2) is 0 Å². The van der Waals surface area contributed by atoms with Crippen molar-refractivity contribution in [1.29, 1.82) is 0 Å². The van der Waals surface area contributed by atoms with Gasteiger partial charge in [0.25, 0.3) is 5.91 Å². The van der Waals surface area contributed by atoms with Crippen molar-refractivity contribution in [1.82, 2.24) is 10.2 Å². The highest BCUT2D eigenvalue weighted by atomic mass is 35.5. The van der Waals surface area contributed by atoms with Crippen LogP contribution in [0.25, 0.3) is 0 Å². The van der Waals surface area contributed by atoms with Gasteiger partial charge in [0.15, 0.2) is 6.61 Å². The topological polar surface area (TPSA) is 58.6 Å². The van der Waals surface area contributed by atoms with Crippen LogP contribution in [0.1, 0.15) is 36.1 Å². The zero-order valence-corrected chi connectivity index (χ0v) is 22.6. The van der Waals surface area contributed by atoms with E-state index in [-0.39, 0.29) is 31.0 Å². The summed E-state index contributed by atoms with van der Waals surface area (Å²) in [7, 11) is 0. The van der Waals surface area contributed by atoms with E-state index in [4.69, 9.17) is 27.9 Å². The minimum absolute atomic E-state index is 0.0792. The van der Waals surface area contributed by atoms with Gasteiger partial charge in [-0.2, -0.15) is 0 Å². The van der Waals surface area contributed by atoms with Gasteiger partial charge < -0.3 is 15.0 Å². The lowest BCUT2D eigenvalue weighted by atomic mass is 10.0. The van der Waals surface area contributed by atoms with E-state index in [1.165, 1.54) is 0 Å². The van der Waals surface area contributed by atoms with Crippen molar-refractivity contribution in [2.45, 2.75) is 52.7 Å². The third kappa shape index (κ3) is 7.74. The number of halogens is 2. The Labute approximate surface area is 223 Å². The molecule has 3 aromatic carbocycles. The lowest BCUT2D eigenvalue weighted by Crippen LogP contribution is -2.52. The Kier molecular flexibility index (Phi) is 9.80. The molecule has 3 aromatic rings. The van der Waals surface area contributed by atoms with Crippen molar-refractivity contribution in [3.63, 3.8) is 0 Å². The average Bonchev–Trinajstić information content (AvgIpc) is 2.84. The molecule has 36 heavy (non-hydrogen) atoms. The molecular formula is C29H32Cl2N2O3. The highest BCUT2D eigenvalue weighted by molar-refractivity contribution is 6.42. The van der Waals surface area contributed by atoms with Crippen LogP contribution in [0, 0.1) is 13.8 Å². The molecule has 0 bridgehead atoms. The highest BCUT2D eigenvalue weighted by Gasteiger charge is 2.31. The van der Waals surface area contributed by atoms with E-state index in [2.05, 4.69) is 5.32 Å². The molecule has 0 saturated carbocycles. The number of carbonyl (C=O) groups is 2. The Hall–Kier alpha value is -3.02. The summed E-state index contributed by atoms with van der Waals surface area (Å²) >= 11 is 12.3. The first-order valence-electron chi connectivity index (χ1n) is 11.9. The molecule has 1 N–H and O–H groups in total. The van der Waals surface area contributed by atoms with Gasteiger partial charge in [-0.3, -0.25) is 9.59 Å². The van der Waals surface area contributed by atoms with Gasteiger partial charge in [0.1, 0.15) is 11.8 Å². The molecule has 5 nitrogen and oxygen atoms in total. The minimum Gasteiger partial charge on any atom is -0.484 e. The van der Waals surface area contributed by atoms with Crippen molar-refractivity contribution in [2.75, 3.05) is 6.61 Å². The molecule has 0 heterocycles. The maximum absolute atomic E-state index is 13.6. The molecule has 0 unspecified atom stereocenters. The van der Waals surface area contributed by atoms with Crippen LogP contribution in [-0.2, 0) is 22.6 Å². The molecule has 0 spiro atoms. The number of ether oxygens (including phenoxy) is 1. The SMILES string of the molecule is Cc1ccc(OCC(=O)N(Cc2ccc(Cl)c(Cl)c2)[C@@H](Cc2ccccc2)C(=O)NC(C)C)cc1C. The maximum atomic E-state index is 13.6. The number of carbonyl (C=O) groups excluding carboxylic acids is 2. The highest BCUT2D eigenvalue weighted by Crippen LogP contribution is 2.24. The van der Waals surface area contributed by atoms with Gasteiger partial charge in [-0.05, 0) is 74.2 Å². The Balaban J connectivity index is 1.93. The summed E-state index contributed by atoms with van der Waals surface area (Å²) in [6, 6.07) is 19.7. The van der Waals surface area contributed by atoms with Gasteiger partial charge in [-0.15, -0.1) is 0 Å². The predicted octanol–water partition coefficient (Wildman–Crippen LogP) is 6.15. The van der Waals surface area contributed by atoms with Crippen LogP contribution in [0.15, 0.2) is 66.7 Å². The second-order valence-electron chi connectivity index (χ2n) is 9.17. The summed E-state index contributed by atoms with van der Waals surface area (Å²) in [4.78, 5) is 28.5. The molecule has 0 aliphatic carbocycles. The number of hydrogen-bond donors (Lipinski definition) is 1. The van der Waals surface area contributed by atoms with Crippen molar-refractivity contribution < 1.29 is 14.3 Å². The van der Waals surface area contributed by atoms with Crippen LogP contribution in [0.5, 0.6) is 5.75 Å². The lowest BCUT2D eigenvalue weighted by Gasteiger charge is -2.32. The first-order chi connectivity index (χ1) is 17.1. The Morgan fingerprint density at radius 2 is 1.61 bits per heavy atom. The van der Waals surface area contributed by atoms with E-state index in [0.717, 1.165) is 22.3 Å². The number of hydrogen-bond acceptors (Lipinski definition) is 3. The van der Waals surface area contributed by atoms with Gasteiger partial charge in [0.2, 0.25) is 5.91 Å². The van der Waals surface area contributed by atoms with Crippen LogP contribution in [0.3, 0.4) is 0 Å². The van der Waals surface area contributed by atoms with E-state index in [1.807, 2.05) is 76.2 Å². The molecule has 0 aromatic heterocycles. The third-order valence-corrected chi connectivity index (χ3v) is 6.62. The number of benzene rings is 3. The lowest BCUT2D eigenvalue weighted by molar-refractivity contribution is -0.143. The van der Waals surface area contributed by atoms with Gasteiger partial charge in [-0.1, -0.05) is 65.7 Å². The largest absolute Gasteiger partial charge is 0.484 e. The second-order valence-corrected chi connectivity index (χ2v) is 9.99. The normalized spacial score (nSPS) is 11.8. The smallest absolute Gasteiger partial charge is 0.261 e. The number of amides is 2. The van der Waals surface area contributed by atoms with E-state index < -0.39 is 6.04 Å². The standard InChI is InChI=1S/C29H32Cl2N2O3/c1-19(2)32-29(35)27(16-22-8-6-5-7-9-22)33(17-23-11-13-25(30)26(31)15-23)28(34)18-36-24-12-10-20(3)21(4)14-24/h5-15,19,27H,16-18H2,1-4H3,(H,32,35)/t27-/m0/s1. The van der Waals surface area contributed by atoms with Crippen LogP contribution in [0.4, 0.5) is 0 Å². The first-order valence-corrected chi connectivity index (χ1v) is 12.7. The van der Waals surface area contributed by atoms with Gasteiger partial charge in [0.05, 0.1) is 10.0 Å². The van der Waals surface area contributed by atoms with Crippen LogP contribution >= 0.6 is 23.2 Å². The molecule has 0 aliphatic heterocycles. The maximum Gasteiger partial charge on any atom is 0.261 e. The van der Waals surface area contributed by atoms with E-state index in [1.54, 1.807) is 23.1 Å². The Morgan fingerprint density at radius 3 is 2.25 bits per heavy atom. The summed E-state index contributed by atoms with van der Waals surface area (Å²) in [6.45, 7) is 7.77. The van der Waals surface area contributed by atoms with Crippen LogP contribution in [0.2, 0.25) is 10.0 Å². The number of nitrogens with one attached hydrogen (secondary N) is 1. The molecule has 0 saturated heterocycles. The summed E-state index contributed by atoms with van der Waals surface area (Å²) in [5.74, 6) is 0.0692. The van der Waals surface area contributed by atoms with Crippen molar-refractivity contribution in [3.05, 3.63) is 99.0 Å². The predicted molar refractivity (Wildman–Crippen MR) is 146 cm³/mol. The zero-order chi connectivity index (χ0) is 26.2. The fourth-order valence-electron chi connectivity index (χ4n) is 3.80. The summed E-state index contributed by atoms with van der Waals surface area (Å²) in [6.07, 6.45) is 0.357. The molecule has 2 amide bonds.